The summed E-state index contributed by atoms with van der Waals surface area (Å²) in [6, 6.07) is 8.64. The Bertz CT molecular complexity index is 1200. The summed E-state index contributed by atoms with van der Waals surface area (Å²) < 4.78 is 15.0. The van der Waals surface area contributed by atoms with Gasteiger partial charge in [-0.1, -0.05) is 53.2 Å². The maximum Gasteiger partial charge on any atom is 0.481 e. The molecule has 0 radical (unpaired) electrons. The van der Waals surface area contributed by atoms with E-state index in [2.05, 4.69) is 57.3 Å². The molecule has 3 saturated carbocycles. The number of benzene rings is 1. The summed E-state index contributed by atoms with van der Waals surface area (Å²) in [6.07, 6.45) is 9.61. The van der Waals surface area contributed by atoms with Gasteiger partial charge in [-0.2, -0.15) is 5.10 Å². The Morgan fingerprint density at radius 1 is 1.15 bits per heavy atom. The van der Waals surface area contributed by atoms with Crippen molar-refractivity contribution in [3.05, 3.63) is 53.9 Å². The Kier molecular flexibility index (Phi) is 8.67. The Labute approximate surface area is 245 Å². The SMILES string of the molecule is CCCCc1ccc(C(=O)N[C@@H](Cn2cccn2)C(=O)N[C@@H](CC(C)C)B2O[C@@H]3C[C@H]4C[C@H](C4(C)C)[C@]3(C)O2)cc1. The van der Waals surface area contributed by atoms with Gasteiger partial charge in [-0.3, -0.25) is 14.3 Å². The molecule has 0 spiro atoms. The van der Waals surface area contributed by atoms with Gasteiger partial charge in [-0.15, -0.1) is 0 Å². The number of nitrogens with one attached hydrogen (secondary N) is 2. The Hall–Kier alpha value is -2.65. The van der Waals surface area contributed by atoms with Crippen molar-refractivity contribution in [3.63, 3.8) is 0 Å². The smallest absolute Gasteiger partial charge is 0.404 e. The summed E-state index contributed by atoms with van der Waals surface area (Å²) >= 11 is 0. The Morgan fingerprint density at radius 2 is 1.90 bits per heavy atom. The van der Waals surface area contributed by atoms with E-state index in [1.165, 1.54) is 12.0 Å². The highest BCUT2D eigenvalue weighted by molar-refractivity contribution is 6.48. The minimum absolute atomic E-state index is 0.0377. The lowest BCUT2D eigenvalue weighted by molar-refractivity contribution is -0.199. The summed E-state index contributed by atoms with van der Waals surface area (Å²) in [5.41, 5.74) is 1.63. The molecular formula is C32H47BN4O4. The summed E-state index contributed by atoms with van der Waals surface area (Å²) in [7, 11) is -0.525. The molecule has 8 nitrogen and oxygen atoms in total. The van der Waals surface area contributed by atoms with E-state index < -0.39 is 13.2 Å². The number of nitrogens with zero attached hydrogens (tertiary/aromatic N) is 2. The van der Waals surface area contributed by atoms with Crippen LogP contribution < -0.4 is 10.6 Å². The molecule has 0 unspecified atom stereocenters. The van der Waals surface area contributed by atoms with Gasteiger partial charge in [0.15, 0.2) is 0 Å². The number of unbranched alkanes of at least 4 members (excludes halogenated alkanes) is 1. The number of hydrogen-bond acceptors (Lipinski definition) is 5. The van der Waals surface area contributed by atoms with Crippen molar-refractivity contribution in [1.29, 1.82) is 0 Å². The van der Waals surface area contributed by atoms with Crippen molar-refractivity contribution in [2.45, 2.75) is 110 Å². The van der Waals surface area contributed by atoms with E-state index in [-0.39, 0.29) is 41.4 Å². The standard InChI is InChI=1S/C32H47BN4O4/c1-7-8-10-22-11-13-23(14-12-22)29(38)35-25(20-37-16-9-15-34-37)30(39)36-28(17-21(2)3)33-40-27-19-24-18-26(31(24,4)5)32(27,6)41-33/h9,11-16,21,24-28H,7-8,10,17-20H2,1-6H3,(H,35,38)(H,36,39)/t24-,25+,26-,27-,28+,32+/m1/s1. The first-order valence-corrected chi connectivity index (χ1v) is 15.5. The molecule has 3 aliphatic carbocycles. The number of aryl methyl sites for hydroxylation is 1. The van der Waals surface area contributed by atoms with Gasteiger partial charge in [0.05, 0.1) is 24.2 Å². The molecule has 1 saturated heterocycles. The monoisotopic (exact) mass is 562 g/mol. The summed E-state index contributed by atoms with van der Waals surface area (Å²) in [5, 5.41) is 10.5. The van der Waals surface area contributed by atoms with E-state index in [9.17, 15) is 9.59 Å². The van der Waals surface area contributed by atoms with Crippen LogP contribution >= 0.6 is 0 Å². The highest BCUT2D eigenvalue weighted by Gasteiger charge is 2.68. The maximum atomic E-state index is 13.8. The second kappa shape index (κ2) is 11.9. The van der Waals surface area contributed by atoms with Gasteiger partial charge in [0.1, 0.15) is 6.04 Å². The molecule has 2 amide bonds. The van der Waals surface area contributed by atoms with E-state index >= 15 is 0 Å². The summed E-state index contributed by atoms with van der Waals surface area (Å²) in [5.74, 6) is 0.530. The molecule has 1 aromatic carbocycles. The molecule has 6 atom stereocenters. The minimum atomic E-state index is -0.817. The number of carbonyl (C=O) groups excluding carboxylic acids is 2. The molecule has 2 bridgehead atoms. The lowest BCUT2D eigenvalue weighted by Gasteiger charge is -2.64. The molecule has 6 rings (SSSR count). The van der Waals surface area contributed by atoms with E-state index in [0.717, 1.165) is 25.7 Å². The molecular weight excluding hydrogens is 515 g/mol. The first-order valence-electron chi connectivity index (χ1n) is 15.5. The van der Waals surface area contributed by atoms with Crippen LogP contribution in [0.4, 0.5) is 0 Å². The molecule has 9 heteroatoms. The fourth-order valence-corrected chi connectivity index (χ4v) is 7.34. The number of hydrogen-bond donors (Lipinski definition) is 2. The van der Waals surface area contributed by atoms with Crippen LogP contribution in [0.25, 0.3) is 0 Å². The van der Waals surface area contributed by atoms with Crippen LogP contribution in [0.2, 0.25) is 0 Å². The largest absolute Gasteiger partial charge is 0.481 e. The first kappa shape index (κ1) is 29.8. The molecule has 41 heavy (non-hydrogen) atoms. The second-order valence-electron chi connectivity index (χ2n) is 13.6. The normalized spacial score (nSPS) is 27.6. The maximum absolute atomic E-state index is 13.8. The van der Waals surface area contributed by atoms with Gasteiger partial charge in [-0.25, -0.2) is 0 Å². The number of amides is 2. The molecule has 2 aromatic rings. The predicted octanol–water partition coefficient (Wildman–Crippen LogP) is 4.82. The highest BCUT2D eigenvalue weighted by atomic mass is 16.7. The van der Waals surface area contributed by atoms with Crippen molar-refractivity contribution in [2.24, 2.45) is 23.2 Å². The van der Waals surface area contributed by atoms with Crippen LogP contribution in [0, 0.1) is 23.2 Å². The van der Waals surface area contributed by atoms with Gasteiger partial charge >= 0.3 is 7.12 Å². The molecule has 1 aromatic heterocycles. The van der Waals surface area contributed by atoms with Crippen LogP contribution in [0.15, 0.2) is 42.7 Å². The Balaban J connectivity index is 1.30. The zero-order chi connectivity index (χ0) is 29.4. The molecule has 222 valence electrons. The van der Waals surface area contributed by atoms with Gasteiger partial charge in [0, 0.05) is 18.0 Å². The van der Waals surface area contributed by atoms with Gasteiger partial charge in [0.25, 0.3) is 5.91 Å². The summed E-state index contributed by atoms with van der Waals surface area (Å²) in [6.45, 7) is 13.5. The molecule has 2 heterocycles. The quantitative estimate of drug-likeness (QED) is 0.362. The molecule has 1 aliphatic heterocycles. The molecule has 4 aliphatic rings. The third-order valence-corrected chi connectivity index (χ3v) is 9.94. The topological polar surface area (TPSA) is 94.5 Å². The van der Waals surface area contributed by atoms with E-state index in [0.29, 0.717) is 29.7 Å². The van der Waals surface area contributed by atoms with Gasteiger partial charge in [-0.05, 0) is 86.0 Å². The highest BCUT2D eigenvalue weighted by Crippen LogP contribution is 2.65. The van der Waals surface area contributed by atoms with E-state index in [1.54, 1.807) is 17.1 Å². The third kappa shape index (κ3) is 6.12. The van der Waals surface area contributed by atoms with Crippen molar-refractivity contribution in [2.75, 3.05) is 0 Å². The first-order chi connectivity index (χ1) is 19.5. The van der Waals surface area contributed by atoms with Crippen molar-refractivity contribution in [3.8, 4) is 0 Å². The van der Waals surface area contributed by atoms with E-state index in [1.807, 2.05) is 30.3 Å². The van der Waals surface area contributed by atoms with Crippen LogP contribution in [-0.2, 0) is 27.1 Å². The molecule has 4 fully saturated rings. The zero-order valence-electron chi connectivity index (χ0n) is 25.6. The predicted molar refractivity (Wildman–Crippen MR) is 160 cm³/mol. The van der Waals surface area contributed by atoms with Gasteiger partial charge in [0.2, 0.25) is 5.91 Å². The Morgan fingerprint density at radius 3 is 2.54 bits per heavy atom. The lowest BCUT2D eigenvalue weighted by atomic mass is 9.43. The number of carbonyl (C=O) groups is 2. The molecule has 2 N–H and O–H groups in total. The fraction of sp³-hybridized carbons (Fsp3) is 0.656. The average molecular weight is 563 g/mol. The number of aromatic nitrogens is 2. The van der Waals surface area contributed by atoms with Crippen LogP contribution in [0.5, 0.6) is 0 Å². The fourth-order valence-electron chi connectivity index (χ4n) is 7.34. The van der Waals surface area contributed by atoms with E-state index in [4.69, 9.17) is 9.31 Å². The van der Waals surface area contributed by atoms with Crippen molar-refractivity contribution in [1.82, 2.24) is 20.4 Å². The van der Waals surface area contributed by atoms with Crippen LogP contribution in [-0.4, -0.2) is 52.4 Å². The second-order valence-corrected chi connectivity index (χ2v) is 13.6. The van der Waals surface area contributed by atoms with Crippen molar-refractivity contribution >= 4 is 18.9 Å². The van der Waals surface area contributed by atoms with Crippen LogP contribution in [0.1, 0.15) is 89.6 Å². The number of rotatable bonds is 12. The zero-order valence-corrected chi connectivity index (χ0v) is 25.6. The summed E-state index contributed by atoms with van der Waals surface area (Å²) in [4.78, 5) is 27.1. The van der Waals surface area contributed by atoms with Crippen LogP contribution in [0.3, 0.4) is 0 Å². The van der Waals surface area contributed by atoms with Crippen molar-refractivity contribution < 1.29 is 18.9 Å². The van der Waals surface area contributed by atoms with Gasteiger partial charge < -0.3 is 19.9 Å². The lowest BCUT2D eigenvalue weighted by Crippen LogP contribution is -2.65. The third-order valence-electron chi connectivity index (χ3n) is 9.94. The minimum Gasteiger partial charge on any atom is -0.404 e. The average Bonchev–Trinajstić information content (AvgIpc) is 3.57.